The van der Waals surface area contributed by atoms with Crippen LogP contribution in [0.15, 0.2) is 35.4 Å². The number of nitrogens with one attached hydrogen (secondary N) is 1. The van der Waals surface area contributed by atoms with Crippen LogP contribution in [0.1, 0.15) is 11.1 Å². The van der Waals surface area contributed by atoms with Crippen LogP contribution in [-0.2, 0) is 5.75 Å². The first-order chi connectivity index (χ1) is 11.9. The van der Waals surface area contributed by atoms with Crippen molar-refractivity contribution >= 4 is 28.7 Å². The van der Waals surface area contributed by atoms with E-state index in [9.17, 15) is 22.7 Å². The Kier molecular flexibility index (Phi) is 4.63. The van der Waals surface area contributed by atoms with E-state index in [2.05, 4.69) is 4.98 Å². The van der Waals surface area contributed by atoms with Crippen LogP contribution < -0.4 is 0 Å². The van der Waals surface area contributed by atoms with Crippen LogP contribution in [0.25, 0.3) is 10.8 Å². The van der Waals surface area contributed by atoms with Gasteiger partial charge in [0.2, 0.25) is 5.88 Å². The number of thioether (sulfide) groups is 1. The Balaban J connectivity index is 2.07. The predicted octanol–water partition coefficient (Wildman–Crippen LogP) is 4.79. The number of hydrogen-bond donors (Lipinski definition) is 2. The molecule has 0 spiro atoms. The first-order valence-corrected chi connectivity index (χ1v) is 7.98. The maximum atomic E-state index is 13.8. The van der Waals surface area contributed by atoms with Crippen molar-refractivity contribution in [3.63, 3.8) is 0 Å². The molecule has 8 heteroatoms. The van der Waals surface area contributed by atoms with Gasteiger partial charge in [-0.15, -0.1) is 11.8 Å². The monoisotopic (exact) mass is 366 g/mol. The number of rotatable bonds is 4. The largest absolute Gasteiger partial charge is 0.493 e. The van der Waals surface area contributed by atoms with Crippen LogP contribution in [0, 0.1) is 28.7 Å². The number of aromatic nitrogens is 1. The van der Waals surface area contributed by atoms with Crippen molar-refractivity contribution in [2.24, 2.45) is 0 Å². The fraction of sp³-hybridized carbons (Fsp3) is 0.0588. The first-order valence-electron chi connectivity index (χ1n) is 7.00. The number of aromatic hydroxyl groups is 1. The average molecular weight is 366 g/mol. The number of hydrogen-bond acceptors (Lipinski definition) is 4. The van der Waals surface area contributed by atoms with Gasteiger partial charge < -0.3 is 10.5 Å². The summed E-state index contributed by atoms with van der Waals surface area (Å²) < 4.78 is 54.3. The van der Waals surface area contributed by atoms with Gasteiger partial charge in [0.05, 0.1) is 5.56 Å². The molecule has 3 aromatic rings. The summed E-state index contributed by atoms with van der Waals surface area (Å²) in [5, 5.41) is 18.0. The number of halogens is 4. The molecular formula is C17H10F4N2OS. The quantitative estimate of drug-likeness (QED) is 0.302. The van der Waals surface area contributed by atoms with Gasteiger partial charge in [-0.2, -0.15) is 0 Å². The molecule has 0 aliphatic carbocycles. The smallest absolute Gasteiger partial charge is 0.221 e. The molecule has 128 valence electrons. The minimum Gasteiger partial charge on any atom is -0.493 e. The molecule has 0 atom stereocenters. The molecule has 0 bridgehead atoms. The minimum absolute atomic E-state index is 0.0995. The third kappa shape index (κ3) is 3.17. The lowest BCUT2D eigenvalue weighted by molar-refractivity contribution is 0.449. The maximum Gasteiger partial charge on any atom is 0.221 e. The lowest BCUT2D eigenvalue weighted by Crippen LogP contribution is -1.98. The third-order valence-corrected chi connectivity index (χ3v) is 4.60. The van der Waals surface area contributed by atoms with E-state index in [1.165, 1.54) is 6.07 Å². The highest BCUT2D eigenvalue weighted by Gasteiger charge is 2.17. The standard InChI is InChI=1S/C17H10F4N2OS/c18-8-1-2-9-10(5-8)17(23-16(24)11(9)6-22)25-7-12-13(19)3-4-14(20)15(12)21/h1-6,22H,7H2,(H,23,24). The minimum atomic E-state index is -1.30. The molecule has 25 heavy (non-hydrogen) atoms. The Morgan fingerprint density at radius 1 is 1.04 bits per heavy atom. The van der Waals surface area contributed by atoms with Crippen LogP contribution in [0.3, 0.4) is 0 Å². The van der Waals surface area contributed by atoms with Crippen molar-refractivity contribution in [3.05, 3.63) is 64.7 Å². The number of pyridine rings is 1. The Bertz CT molecular complexity index is 994. The molecule has 3 rings (SSSR count). The fourth-order valence-electron chi connectivity index (χ4n) is 2.36. The summed E-state index contributed by atoms with van der Waals surface area (Å²) in [5.41, 5.74) is -0.380. The summed E-state index contributed by atoms with van der Waals surface area (Å²) in [6, 6.07) is 5.19. The summed E-state index contributed by atoms with van der Waals surface area (Å²) in [4.78, 5) is 3.87. The van der Waals surface area contributed by atoms with Gasteiger partial charge >= 0.3 is 0 Å². The number of nitrogens with zero attached hydrogens (tertiary/aromatic N) is 1. The third-order valence-electron chi connectivity index (χ3n) is 3.59. The molecule has 1 heterocycles. The Labute approximate surface area is 143 Å². The van der Waals surface area contributed by atoms with Crippen molar-refractivity contribution in [1.29, 1.82) is 5.41 Å². The van der Waals surface area contributed by atoms with Crippen LogP contribution in [0.5, 0.6) is 5.88 Å². The Morgan fingerprint density at radius 2 is 1.76 bits per heavy atom. The lowest BCUT2D eigenvalue weighted by atomic mass is 10.1. The van der Waals surface area contributed by atoms with Crippen molar-refractivity contribution in [2.45, 2.75) is 10.8 Å². The normalized spacial score (nSPS) is 11.0. The van der Waals surface area contributed by atoms with Crippen LogP contribution in [0.2, 0.25) is 0 Å². The zero-order valence-corrected chi connectivity index (χ0v) is 13.3. The van der Waals surface area contributed by atoms with E-state index in [4.69, 9.17) is 5.41 Å². The van der Waals surface area contributed by atoms with E-state index < -0.39 is 34.7 Å². The molecule has 3 nitrogen and oxygen atoms in total. The van der Waals surface area contributed by atoms with Gasteiger partial charge in [-0.05, 0) is 29.7 Å². The molecule has 0 fully saturated rings. The number of fused-ring (bicyclic) bond motifs is 1. The summed E-state index contributed by atoms with van der Waals surface area (Å²) in [6.07, 6.45) is 0.878. The molecule has 0 aliphatic rings. The molecular weight excluding hydrogens is 356 g/mol. The maximum absolute atomic E-state index is 13.8. The van der Waals surface area contributed by atoms with Crippen molar-refractivity contribution in [2.75, 3.05) is 0 Å². The highest BCUT2D eigenvalue weighted by atomic mass is 32.2. The second-order valence-corrected chi connectivity index (χ2v) is 6.06. The Morgan fingerprint density at radius 3 is 2.48 bits per heavy atom. The first kappa shape index (κ1) is 17.2. The molecule has 1 aromatic heterocycles. The van der Waals surface area contributed by atoms with Crippen molar-refractivity contribution < 1.29 is 22.7 Å². The van der Waals surface area contributed by atoms with Crippen molar-refractivity contribution in [3.8, 4) is 5.88 Å². The zero-order chi connectivity index (χ0) is 18.1. The van der Waals surface area contributed by atoms with Crippen LogP contribution in [-0.4, -0.2) is 16.3 Å². The van der Waals surface area contributed by atoms with E-state index in [1.807, 2.05) is 0 Å². The van der Waals surface area contributed by atoms with Gasteiger partial charge in [-0.3, -0.25) is 0 Å². The second kappa shape index (κ2) is 6.72. The van der Waals surface area contributed by atoms with E-state index in [0.717, 1.165) is 36.2 Å². The molecule has 0 unspecified atom stereocenters. The molecule has 0 saturated carbocycles. The average Bonchev–Trinajstić information content (AvgIpc) is 2.58. The SMILES string of the molecule is N=Cc1c(O)nc(SCc2c(F)ccc(F)c2F)c2cc(F)ccc12. The van der Waals surface area contributed by atoms with Crippen LogP contribution >= 0.6 is 11.8 Å². The summed E-state index contributed by atoms with van der Waals surface area (Å²) in [5.74, 6) is -4.73. The topological polar surface area (TPSA) is 57.0 Å². The molecule has 0 aliphatic heterocycles. The molecule has 0 amide bonds. The van der Waals surface area contributed by atoms with Crippen molar-refractivity contribution in [1.82, 2.24) is 4.98 Å². The molecule has 2 N–H and O–H groups in total. The van der Waals surface area contributed by atoms with Gasteiger partial charge in [0.15, 0.2) is 11.6 Å². The molecule has 0 saturated heterocycles. The number of benzene rings is 2. The zero-order valence-electron chi connectivity index (χ0n) is 12.5. The summed E-state index contributed by atoms with van der Waals surface area (Å²) in [6.45, 7) is 0. The summed E-state index contributed by atoms with van der Waals surface area (Å²) in [7, 11) is 0. The molecule has 0 radical (unpaired) electrons. The molecule has 2 aromatic carbocycles. The fourth-order valence-corrected chi connectivity index (χ4v) is 3.38. The van der Waals surface area contributed by atoms with Gasteiger partial charge in [0.1, 0.15) is 16.7 Å². The highest BCUT2D eigenvalue weighted by Crippen LogP contribution is 2.35. The van der Waals surface area contributed by atoms with E-state index >= 15 is 0 Å². The predicted molar refractivity (Wildman–Crippen MR) is 87.1 cm³/mol. The highest BCUT2D eigenvalue weighted by molar-refractivity contribution is 7.98. The lowest BCUT2D eigenvalue weighted by Gasteiger charge is -2.11. The van der Waals surface area contributed by atoms with E-state index in [-0.39, 0.29) is 21.7 Å². The second-order valence-electron chi connectivity index (χ2n) is 5.10. The Hall–Kier alpha value is -2.61. The van der Waals surface area contributed by atoms with Gasteiger partial charge in [0.25, 0.3) is 0 Å². The van der Waals surface area contributed by atoms with Gasteiger partial charge in [-0.1, -0.05) is 6.07 Å². The van der Waals surface area contributed by atoms with Gasteiger partial charge in [-0.25, -0.2) is 22.5 Å². The summed E-state index contributed by atoms with van der Waals surface area (Å²) >= 11 is 0.823. The van der Waals surface area contributed by atoms with Crippen LogP contribution in [0.4, 0.5) is 17.6 Å². The van der Waals surface area contributed by atoms with E-state index in [0.29, 0.717) is 11.5 Å². The van der Waals surface area contributed by atoms with E-state index in [1.54, 1.807) is 0 Å². The van der Waals surface area contributed by atoms with Gasteiger partial charge in [0, 0.05) is 22.9 Å².